The lowest BCUT2D eigenvalue weighted by molar-refractivity contribution is -0.117. The van der Waals surface area contributed by atoms with Gasteiger partial charge in [-0.3, -0.25) is 4.79 Å². The first-order chi connectivity index (χ1) is 15.6. The standard InChI is InChI=1S/C26H19BrN4O/c27-15-6-8-23-21(11-15)22(13-29-23)26-30-24-18-4-2-1-3-17(18)20-10-14(9-16(32)12-28)5-7-19(20)25(24)31-26/h1-8,10-11,13,29H,9,12,28H2,(H,30,31). The molecule has 0 bridgehead atoms. The second-order valence-electron chi connectivity index (χ2n) is 8.05. The van der Waals surface area contributed by atoms with Crippen molar-refractivity contribution in [1.82, 2.24) is 15.0 Å². The lowest BCUT2D eigenvalue weighted by Crippen LogP contribution is -2.15. The van der Waals surface area contributed by atoms with Crippen molar-refractivity contribution >= 4 is 65.2 Å². The van der Waals surface area contributed by atoms with Gasteiger partial charge in [0.2, 0.25) is 0 Å². The second kappa shape index (κ2) is 7.29. The molecule has 6 heteroatoms. The summed E-state index contributed by atoms with van der Waals surface area (Å²) in [7, 11) is 0. The number of H-pyrrole nitrogens is 2. The summed E-state index contributed by atoms with van der Waals surface area (Å²) in [5.41, 5.74) is 10.5. The molecule has 0 fully saturated rings. The highest BCUT2D eigenvalue weighted by atomic mass is 79.9. The minimum atomic E-state index is 0.0315. The van der Waals surface area contributed by atoms with Crippen LogP contribution in [0.5, 0.6) is 0 Å². The van der Waals surface area contributed by atoms with Gasteiger partial charge in [-0.1, -0.05) is 58.4 Å². The van der Waals surface area contributed by atoms with Gasteiger partial charge in [0.1, 0.15) is 5.82 Å². The van der Waals surface area contributed by atoms with E-state index in [4.69, 9.17) is 10.7 Å². The zero-order valence-corrected chi connectivity index (χ0v) is 18.7. The third kappa shape index (κ3) is 2.95. The molecule has 2 heterocycles. The van der Waals surface area contributed by atoms with Crippen LogP contribution in [0, 0.1) is 0 Å². The summed E-state index contributed by atoms with van der Waals surface area (Å²) < 4.78 is 1.03. The quantitative estimate of drug-likeness (QED) is 0.275. The normalized spacial score (nSPS) is 11.8. The van der Waals surface area contributed by atoms with Crippen molar-refractivity contribution in [3.8, 4) is 11.4 Å². The number of aromatic nitrogens is 3. The zero-order chi connectivity index (χ0) is 21.8. The number of carbonyl (C=O) groups is 1. The summed E-state index contributed by atoms with van der Waals surface area (Å²) >= 11 is 3.58. The van der Waals surface area contributed by atoms with Gasteiger partial charge in [0, 0.05) is 44.3 Å². The minimum absolute atomic E-state index is 0.0315. The average Bonchev–Trinajstić information content (AvgIpc) is 3.43. The van der Waals surface area contributed by atoms with E-state index in [1.165, 1.54) is 0 Å². The molecule has 5 nitrogen and oxygen atoms in total. The third-order valence-electron chi connectivity index (χ3n) is 6.06. The fourth-order valence-electron chi connectivity index (χ4n) is 4.55. The summed E-state index contributed by atoms with van der Waals surface area (Å²) in [5, 5.41) is 5.50. The maximum absolute atomic E-state index is 11.9. The molecule has 0 saturated heterocycles. The number of carbonyl (C=O) groups excluding carboxylic acids is 1. The number of halogens is 1. The van der Waals surface area contributed by atoms with Crippen molar-refractivity contribution in [2.24, 2.45) is 5.73 Å². The first kappa shape index (κ1) is 19.2. The molecule has 2 aromatic heterocycles. The topological polar surface area (TPSA) is 87.6 Å². The Labute approximate surface area is 191 Å². The van der Waals surface area contributed by atoms with Gasteiger partial charge in [-0.2, -0.15) is 0 Å². The fourth-order valence-corrected chi connectivity index (χ4v) is 4.91. The van der Waals surface area contributed by atoms with E-state index < -0.39 is 0 Å². The van der Waals surface area contributed by atoms with Crippen LogP contribution in [-0.2, 0) is 11.2 Å². The molecule has 4 N–H and O–H groups in total. The molecule has 6 aromatic rings. The summed E-state index contributed by atoms with van der Waals surface area (Å²) in [6, 6.07) is 20.7. The number of aromatic amines is 2. The first-order valence-corrected chi connectivity index (χ1v) is 11.2. The van der Waals surface area contributed by atoms with Gasteiger partial charge in [0.05, 0.1) is 17.6 Å². The van der Waals surface area contributed by atoms with Crippen molar-refractivity contribution in [2.45, 2.75) is 6.42 Å². The van der Waals surface area contributed by atoms with E-state index >= 15 is 0 Å². The molecule has 0 spiro atoms. The Morgan fingerprint density at radius 1 is 0.938 bits per heavy atom. The van der Waals surface area contributed by atoms with Crippen LogP contribution in [0.1, 0.15) is 5.56 Å². The van der Waals surface area contributed by atoms with Crippen molar-refractivity contribution in [1.29, 1.82) is 0 Å². The molecule has 0 aliphatic carbocycles. The van der Waals surface area contributed by atoms with Gasteiger partial charge in [-0.25, -0.2) is 4.98 Å². The molecule has 0 aliphatic rings. The number of nitrogens with zero attached hydrogens (tertiary/aromatic N) is 1. The molecule has 0 atom stereocenters. The number of nitrogens with two attached hydrogens (primary N) is 1. The molecular weight excluding hydrogens is 464 g/mol. The molecule has 0 unspecified atom stereocenters. The predicted octanol–water partition coefficient (Wildman–Crippen LogP) is 5.85. The molecule has 0 amide bonds. The fraction of sp³-hybridized carbons (Fsp3) is 0.0769. The predicted molar refractivity (Wildman–Crippen MR) is 134 cm³/mol. The summed E-state index contributed by atoms with van der Waals surface area (Å²) in [4.78, 5) is 23.9. The van der Waals surface area contributed by atoms with E-state index in [1.807, 2.05) is 30.5 Å². The Kier molecular flexibility index (Phi) is 4.38. The van der Waals surface area contributed by atoms with E-state index in [9.17, 15) is 4.79 Å². The van der Waals surface area contributed by atoms with Crippen LogP contribution in [0.4, 0.5) is 0 Å². The number of rotatable bonds is 4. The van der Waals surface area contributed by atoms with Gasteiger partial charge < -0.3 is 15.7 Å². The molecule has 0 radical (unpaired) electrons. The average molecular weight is 483 g/mol. The van der Waals surface area contributed by atoms with Crippen molar-refractivity contribution in [2.75, 3.05) is 6.54 Å². The second-order valence-corrected chi connectivity index (χ2v) is 8.96. The van der Waals surface area contributed by atoms with Crippen molar-refractivity contribution < 1.29 is 4.79 Å². The number of ketones is 1. The highest BCUT2D eigenvalue weighted by molar-refractivity contribution is 9.10. The van der Waals surface area contributed by atoms with E-state index in [2.05, 4.69) is 62.3 Å². The van der Waals surface area contributed by atoms with Gasteiger partial charge in [0.25, 0.3) is 0 Å². The molecule has 6 rings (SSSR count). The lowest BCUT2D eigenvalue weighted by Gasteiger charge is -2.08. The largest absolute Gasteiger partial charge is 0.360 e. The van der Waals surface area contributed by atoms with E-state index in [1.54, 1.807) is 0 Å². The maximum Gasteiger partial charge on any atom is 0.150 e. The molecule has 4 aromatic carbocycles. The number of imidazole rings is 1. The number of hydrogen-bond acceptors (Lipinski definition) is 3. The molecule has 0 saturated carbocycles. The van der Waals surface area contributed by atoms with Crippen LogP contribution in [0.15, 0.2) is 71.3 Å². The number of nitrogens with one attached hydrogen (secondary N) is 2. The zero-order valence-electron chi connectivity index (χ0n) is 17.1. The number of hydrogen-bond donors (Lipinski definition) is 3. The van der Waals surface area contributed by atoms with Gasteiger partial charge in [-0.05, 0) is 34.5 Å². The third-order valence-corrected chi connectivity index (χ3v) is 6.55. The molecule has 0 aliphatic heterocycles. The van der Waals surface area contributed by atoms with Crippen LogP contribution in [0.3, 0.4) is 0 Å². The highest BCUT2D eigenvalue weighted by Gasteiger charge is 2.16. The Morgan fingerprint density at radius 2 is 1.78 bits per heavy atom. The molecule has 156 valence electrons. The van der Waals surface area contributed by atoms with Crippen LogP contribution in [0.25, 0.3) is 54.9 Å². The summed E-state index contributed by atoms with van der Waals surface area (Å²) in [6.45, 7) is 0.0580. The Bertz CT molecular complexity index is 1680. The monoisotopic (exact) mass is 482 g/mol. The van der Waals surface area contributed by atoms with E-state index in [-0.39, 0.29) is 12.3 Å². The number of benzene rings is 4. The highest BCUT2D eigenvalue weighted by Crippen LogP contribution is 2.37. The molecule has 32 heavy (non-hydrogen) atoms. The van der Waals surface area contributed by atoms with Crippen molar-refractivity contribution in [3.05, 3.63) is 76.9 Å². The Morgan fingerprint density at radius 3 is 2.62 bits per heavy atom. The first-order valence-electron chi connectivity index (χ1n) is 10.4. The van der Waals surface area contributed by atoms with Crippen LogP contribution >= 0.6 is 15.9 Å². The Balaban J connectivity index is 1.65. The molecular formula is C26H19BrN4O. The van der Waals surface area contributed by atoms with Gasteiger partial charge in [0.15, 0.2) is 5.78 Å². The van der Waals surface area contributed by atoms with E-state index in [0.29, 0.717) is 6.42 Å². The van der Waals surface area contributed by atoms with Crippen LogP contribution < -0.4 is 5.73 Å². The SMILES string of the molecule is NCC(=O)Cc1ccc2c(c1)c1ccccc1c1nc(-c3c[nH]c4ccc(Br)cc34)[nH]c21. The van der Waals surface area contributed by atoms with Crippen LogP contribution in [0.2, 0.25) is 0 Å². The maximum atomic E-state index is 11.9. The van der Waals surface area contributed by atoms with Gasteiger partial charge in [-0.15, -0.1) is 0 Å². The number of Topliss-reactive ketones (excluding diaryl/α,β-unsaturated/α-hetero) is 1. The number of fused-ring (bicyclic) bond motifs is 7. The van der Waals surface area contributed by atoms with Crippen LogP contribution in [-0.4, -0.2) is 27.3 Å². The van der Waals surface area contributed by atoms with E-state index in [0.717, 1.165) is 64.9 Å². The van der Waals surface area contributed by atoms with Gasteiger partial charge >= 0.3 is 0 Å². The summed E-state index contributed by atoms with van der Waals surface area (Å²) in [5.74, 6) is 0.855. The summed E-state index contributed by atoms with van der Waals surface area (Å²) in [6.07, 6.45) is 2.34. The minimum Gasteiger partial charge on any atom is -0.360 e. The van der Waals surface area contributed by atoms with Crippen molar-refractivity contribution in [3.63, 3.8) is 0 Å². The lowest BCUT2D eigenvalue weighted by atomic mass is 9.97. The smallest absolute Gasteiger partial charge is 0.150 e. The Hall–Kier alpha value is -3.48.